The van der Waals surface area contributed by atoms with Gasteiger partial charge in [0, 0.05) is 17.0 Å². The Balaban J connectivity index is 2.11. The molecular formula is C18H23NO5. The Morgan fingerprint density at radius 3 is 2.79 bits per heavy atom. The Morgan fingerprint density at radius 1 is 1.29 bits per heavy atom. The summed E-state index contributed by atoms with van der Waals surface area (Å²) in [5.74, 6) is -1.43. The lowest BCUT2D eigenvalue weighted by atomic mass is 9.88. The number of carbonyl (C=O) groups is 3. The summed E-state index contributed by atoms with van der Waals surface area (Å²) in [6.45, 7) is 2.10. The minimum Gasteiger partial charge on any atom is -0.481 e. The normalized spacial score (nSPS) is 14.3. The summed E-state index contributed by atoms with van der Waals surface area (Å²) in [4.78, 5) is 40.3. The van der Waals surface area contributed by atoms with Crippen molar-refractivity contribution in [2.24, 2.45) is 5.92 Å². The van der Waals surface area contributed by atoms with Gasteiger partial charge in [0.2, 0.25) is 0 Å². The summed E-state index contributed by atoms with van der Waals surface area (Å²) in [7, 11) is 0. The van der Waals surface area contributed by atoms with E-state index in [1.54, 1.807) is 18.2 Å². The van der Waals surface area contributed by atoms with Gasteiger partial charge in [-0.1, -0.05) is 32.6 Å². The third-order valence-electron chi connectivity index (χ3n) is 4.17. The smallest absolute Gasteiger partial charge is 0.304 e. The highest BCUT2D eigenvalue weighted by atomic mass is 16.7. The van der Waals surface area contributed by atoms with Crippen LogP contribution in [-0.2, 0) is 16.0 Å². The van der Waals surface area contributed by atoms with Crippen molar-refractivity contribution in [3.8, 4) is 5.75 Å². The van der Waals surface area contributed by atoms with Gasteiger partial charge in [0.1, 0.15) is 0 Å². The van der Waals surface area contributed by atoms with Crippen LogP contribution < -0.4 is 10.3 Å². The fraction of sp³-hybridized carbons (Fsp3) is 0.500. The molecule has 0 aromatic heterocycles. The van der Waals surface area contributed by atoms with Gasteiger partial charge in [-0.2, -0.15) is 5.48 Å². The van der Waals surface area contributed by atoms with Gasteiger partial charge in [-0.05, 0) is 24.6 Å². The zero-order valence-corrected chi connectivity index (χ0v) is 13.8. The highest BCUT2D eigenvalue weighted by Crippen LogP contribution is 2.26. The van der Waals surface area contributed by atoms with Gasteiger partial charge in [0.05, 0.1) is 12.8 Å². The summed E-state index contributed by atoms with van der Waals surface area (Å²) in [5, 5.41) is 9.08. The van der Waals surface area contributed by atoms with Crippen molar-refractivity contribution >= 4 is 17.7 Å². The molecule has 1 aliphatic heterocycles. The second-order valence-corrected chi connectivity index (χ2v) is 6.13. The van der Waals surface area contributed by atoms with E-state index in [0.29, 0.717) is 23.3 Å². The molecule has 0 radical (unpaired) electrons. The molecule has 1 amide bonds. The summed E-state index contributed by atoms with van der Waals surface area (Å²) in [5.41, 5.74) is 3.36. The van der Waals surface area contributed by atoms with Crippen molar-refractivity contribution in [3.05, 3.63) is 29.3 Å². The van der Waals surface area contributed by atoms with E-state index in [0.717, 1.165) is 25.7 Å². The number of ketones is 1. The molecule has 2 N–H and O–H groups in total. The van der Waals surface area contributed by atoms with E-state index in [1.807, 2.05) is 0 Å². The number of hydrogen-bond acceptors (Lipinski definition) is 4. The highest BCUT2D eigenvalue weighted by Gasteiger charge is 2.25. The summed E-state index contributed by atoms with van der Waals surface area (Å²) < 4.78 is 0. The molecule has 0 spiro atoms. The Kier molecular flexibility index (Phi) is 6.35. The number of Topliss-reactive ketones (excluding diaryl/α,β-unsaturated/α-hetero) is 1. The van der Waals surface area contributed by atoms with Crippen LogP contribution in [0.4, 0.5) is 0 Å². The number of benzene rings is 1. The molecule has 24 heavy (non-hydrogen) atoms. The first-order chi connectivity index (χ1) is 11.5. The maximum Gasteiger partial charge on any atom is 0.304 e. The standard InChI is InChI=1S/C18H23NO5/c1-2-3-4-5-6-12(11-17(21)22)18(23)13-7-8-15-14(9-13)10-16(20)19-24-15/h7-9,12H,2-6,10-11H2,1H3,(H,19,20)(H,21,22). The van der Waals surface area contributed by atoms with Gasteiger partial charge in [-0.25, -0.2) is 0 Å². The van der Waals surface area contributed by atoms with Crippen molar-refractivity contribution in [2.75, 3.05) is 0 Å². The number of hydroxylamine groups is 1. The topological polar surface area (TPSA) is 92.7 Å². The molecule has 1 aromatic carbocycles. The van der Waals surface area contributed by atoms with Gasteiger partial charge in [0.25, 0.3) is 5.91 Å². The van der Waals surface area contributed by atoms with Crippen molar-refractivity contribution in [2.45, 2.75) is 51.9 Å². The number of fused-ring (bicyclic) bond motifs is 1. The molecular weight excluding hydrogens is 310 g/mol. The lowest BCUT2D eigenvalue weighted by Crippen LogP contribution is -2.33. The van der Waals surface area contributed by atoms with E-state index < -0.39 is 11.9 Å². The molecule has 0 fully saturated rings. The molecule has 130 valence electrons. The number of amides is 1. The second kappa shape index (κ2) is 8.47. The number of rotatable bonds is 9. The zero-order valence-electron chi connectivity index (χ0n) is 13.8. The molecule has 1 aromatic rings. The predicted molar refractivity (Wildman–Crippen MR) is 87.7 cm³/mol. The van der Waals surface area contributed by atoms with Crippen LogP contribution in [-0.4, -0.2) is 22.8 Å². The molecule has 1 atom stereocenters. The van der Waals surface area contributed by atoms with Crippen molar-refractivity contribution in [1.29, 1.82) is 0 Å². The second-order valence-electron chi connectivity index (χ2n) is 6.13. The van der Waals surface area contributed by atoms with Crippen LogP contribution in [0.3, 0.4) is 0 Å². The lowest BCUT2D eigenvalue weighted by molar-refractivity contribution is -0.137. The van der Waals surface area contributed by atoms with Gasteiger partial charge >= 0.3 is 5.97 Å². The third-order valence-corrected chi connectivity index (χ3v) is 4.17. The number of hydrogen-bond donors (Lipinski definition) is 2. The minimum atomic E-state index is -0.968. The van der Waals surface area contributed by atoms with Crippen LogP contribution in [0.25, 0.3) is 0 Å². The Hall–Kier alpha value is -2.37. The maximum absolute atomic E-state index is 12.7. The van der Waals surface area contributed by atoms with E-state index >= 15 is 0 Å². The number of carboxylic acid groups (broad SMARTS) is 1. The minimum absolute atomic E-state index is 0.149. The molecule has 2 rings (SSSR count). The number of unbranched alkanes of at least 4 members (excludes halogenated alkanes) is 3. The Bertz CT molecular complexity index is 626. The van der Waals surface area contributed by atoms with Crippen molar-refractivity contribution in [1.82, 2.24) is 5.48 Å². The van der Waals surface area contributed by atoms with Crippen LogP contribution in [0.2, 0.25) is 0 Å². The summed E-state index contributed by atoms with van der Waals surface area (Å²) in [6.07, 6.45) is 4.56. The van der Waals surface area contributed by atoms with Crippen LogP contribution in [0.15, 0.2) is 18.2 Å². The monoisotopic (exact) mass is 333 g/mol. The largest absolute Gasteiger partial charge is 0.481 e. The maximum atomic E-state index is 12.7. The number of nitrogens with one attached hydrogen (secondary N) is 1. The van der Waals surface area contributed by atoms with Crippen LogP contribution in [0.5, 0.6) is 5.75 Å². The first-order valence-electron chi connectivity index (χ1n) is 8.36. The molecule has 1 heterocycles. The van der Waals surface area contributed by atoms with E-state index in [9.17, 15) is 14.4 Å². The Labute approximate surface area is 141 Å². The average molecular weight is 333 g/mol. The molecule has 6 heteroatoms. The quantitative estimate of drug-likeness (QED) is 0.535. The van der Waals surface area contributed by atoms with Crippen LogP contribution in [0.1, 0.15) is 61.4 Å². The zero-order chi connectivity index (χ0) is 17.5. The fourth-order valence-corrected chi connectivity index (χ4v) is 2.88. The van der Waals surface area contributed by atoms with Gasteiger partial charge in [-0.3, -0.25) is 14.4 Å². The lowest BCUT2D eigenvalue weighted by Gasteiger charge is -2.19. The first kappa shape index (κ1) is 18.0. The van der Waals surface area contributed by atoms with E-state index in [1.165, 1.54) is 0 Å². The molecule has 0 aliphatic carbocycles. The average Bonchev–Trinajstić information content (AvgIpc) is 2.56. The molecule has 0 saturated carbocycles. The third kappa shape index (κ3) is 4.81. The summed E-state index contributed by atoms with van der Waals surface area (Å²) >= 11 is 0. The van der Waals surface area contributed by atoms with E-state index in [-0.39, 0.29) is 24.5 Å². The number of carboxylic acids is 1. The molecule has 6 nitrogen and oxygen atoms in total. The molecule has 0 bridgehead atoms. The summed E-state index contributed by atoms with van der Waals surface area (Å²) in [6, 6.07) is 4.90. The SMILES string of the molecule is CCCCCCC(CC(=O)O)C(=O)c1ccc2c(c1)CC(=O)NO2. The van der Waals surface area contributed by atoms with Gasteiger partial charge < -0.3 is 9.94 Å². The number of aliphatic carboxylic acids is 1. The molecule has 0 saturated heterocycles. The number of carbonyl (C=O) groups excluding carboxylic acids is 2. The van der Waals surface area contributed by atoms with Gasteiger partial charge in [-0.15, -0.1) is 0 Å². The molecule has 1 aliphatic rings. The fourth-order valence-electron chi connectivity index (χ4n) is 2.88. The molecule has 1 unspecified atom stereocenters. The van der Waals surface area contributed by atoms with Gasteiger partial charge in [0.15, 0.2) is 11.5 Å². The van der Waals surface area contributed by atoms with Crippen LogP contribution >= 0.6 is 0 Å². The van der Waals surface area contributed by atoms with Crippen LogP contribution in [0, 0.1) is 5.92 Å². The van der Waals surface area contributed by atoms with E-state index in [2.05, 4.69) is 12.4 Å². The Morgan fingerprint density at radius 2 is 2.08 bits per heavy atom. The first-order valence-corrected chi connectivity index (χ1v) is 8.36. The highest BCUT2D eigenvalue weighted by molar-refractivity contribution is 6.00. The van der Waals surface area contributed by atoms with E-state index in [4.69, 9.17) is 9.94 Å². The predicted octanol–water partition coefficient (Wildman–Crippen LogP) is 2.90. The van der Waals surface area contributed by atoms with Crippen molar-refractivity contribution in [3.63, 3.8) is 0 Å². The van der Waals surface area contributed by atoms with Crippen molar-refractivity contribution < 1.29 is 24.3 Å².